The van der Waals surface area contributed by atoms with Gasteiger partial charge < -0.3 is 25.8 Å². The summed E-state index contributed by atoms with van der Waals surface area (Å²) in [5.41, 5.74) is 7.37. The third kappa shape index (κ3) is 5.45. The summed E-state index contributed by atoms with van der Waals surface area (Å²) < 4.78 is 39.5. The Morgan fingerprint density at radius 1 is 1.12 bits per heavy atom. The number of pyridine rings is 1. The van der Waals surface area contributed by atoms with E-state index in [1.54, 1.807) is 35.4 Å². The summed E-state index contributed by atoms with van der Waals surface area (Å²) in [4.78, 5) is 29.1. The first-order chi connectivity index (χ1) is 20.6. The average molecular weight is 611 g/mol. The summed E-state index contributed by atoms with van der Waals surface area (Å²) in [5, 5.41) is 39.3. The van der Waals surface area contributed by atoms with Gasteiger partial charge in [0.05, 0.1) is 24.7 Å². The van der Waals surface area contributed by atoms with Gasteiger partial charge in [-0.15, -0.1) is 5.10 Å². The minimum Gasteiger partial charge on any atom is -0.507 e. The topological polar surface area (TPSA) is 256 Å². The molecule has 5 aromatic rings. The molecule has 0 aliphatic carbocycles. The fourth-order valence-corrected chi connectivity index (χ4v) is 5.06. The summed E-state index contributed by atoms with van der Waals surface area (Å²) in [6.45, 7) is -0.774. The normalized spacial score (nSPS) is 20.4. The molecule has 1 saturated heterocycles. The maximum Gasteiger partial charge on any atom is 0.362 e. The molecule has 4 atom stereocenters. The maximum absolute atomic E-state index is 12.4. The number of aromatic nitrogens is 8. The third-order valence-corrected chi connectivity index (χ3v) is 7.36. The molecule has 1 aromatic carbocycles. The number of phenols is 1. The number of carbonyl (C=O) groups excluding carboxylic acids is 1. The van der Waals surface area contributed by atoms with Crippen LogP contribution in [-0.4, -0.2) is 94.1 Å². The largest absolute Gasteiger partial charge is 0.507 e. The van der Waals surface area contributed by atoms with E-state index in [9.17, 15) is 28.5 Å². The number of nitrogens with two attached hydrogens (primary N) is 1. The van der Waals surface area contributed by atoms with Crippen LogP contribution in [0.25, 0.3) is 28.4 Å². The Labute approximate surface area is 241 Å². The minimum absolute atomic E-state index is 0.0149. The van der Waals surface area contributed by atoms with E-state index in [1.807, 2.05) is 0 Å². The van der Waals surface area contributed by atoms with Crippen LogP contribution in [0.15, 0.2) is 61.3 Å². The van der Waals surface area contributed by atoms with E-state index < -0.39 is 53.1 Å². The second-order valence-electron chi connectivity index (χ2n) is 9.25. The first kappa shape index (κ1) is 28.1. The fraction of sp³-hybridized carbons (Fsp3) is 0.208. The molecule has 4 aromatic heterocycles. The second-order valence-corrected chi connectivity index (χ2v) is 10.6. The molecule has 0 radical (unpaired) electrons. The molecule has 1 aliphatic rings. The molecular formula is C24H22N10O8S. The lowest BCUT2D eigenvalue weighted by Crippen LogP contribution is -2.37. The number of aliphatic hydroxyl groups is 2. The lowest BCUT2D eigenvalue weighted by atomic mass is 10.1. The first-order valence-electron chi connectivity index (χ1n) is 12.5. The van der Waals surface area contributed by atoms with Crippen molar-refractivity contribution in [1.82, 2.24) is 44.2 Å². The smallest absolute Gasteiger partial charge is 0.362 e. The highest BCUT2D eigenvalue weighted by atomic mass is 32.2. The molecule has 19 heteroatoms. The molecular weight excluding hydrogens is 588 g/mol. The van der Waals surface area contributed by atoms with E-state index in [1.165, 1.54) is 39.8 Å². The number of rotatable bonds is 8. The highest BCUT2D eigenvalue weighted by Gasteiger charge is 2.45. The van der Waals surface area contributed by atoms with Gasteiger partial charge in [0.1, 0.15) is 35.3 Å². The Morgan fingerprint density at radius 2 is 1.88 bits per heavy atom. The number of aliphatic hydroxyl groups excluding tert-OH is 2. The predicted octanol–water partition coefficient (Wildman–Crippen LogP) is -0.933. The third-order valence-electron chi connectivity index (χ3n) is 6.48. The highest BCUT2D eigenvalue weighted by molar-refractivity contribution is 7.85. The van der Waals surface area contributed by atoms with Crippen LogP contribution in [0.2, 0.25) is 0 Å². The van der Waals surface area contributed by atoms with Crippen LogP contribution in [0.1, 0.15) is 16.6 Å². The number of nitrogen functional groups attached to an aromatic ring is 1. The van der Waals surface area contributed by atoms with Crippen LogP contribution >= 0.6 is 0 Å². The van der Waals surface area contributed by atoms with Gasteiger partial charge in [-0.25, -0.2) is 9.71 Å². The molecule has 43 heavy (non-hydrogen) atoms. The van der Waals surface area contributed by atoms with Crippen LogP contribution in [0, 0.1) is 0 Å². The van der Waals surface area contributed by atoms with Crippen LogP contribution in [-0.2, 0) is 19.2 Å². The fourth-order valence-electron chi connectivity index (χ4n) is 4.35. The van der Waals surface area contributed by atoms with Crippen molar-refractivity contribution >= 4 is 33.2 Å². The van der Waals surface area contributed by atoms with E-state index in [0.29, 0.717) is 5.69 Å². The van der Waals surface area contributed by atoms with Gasteiger partial charge in [0.15, 0.2) is 17.7 Å². The molecule has 18 nitrogen and oxygen atoms in total. The number of aromatic hydroxyl groups is 1. The first-order valence-corrected chi connectivity index (χ1v) is 13.9. The van der Waals surface area contributed by atoms with Gasteiger partial charge in [-0.3, -0.25) is 18.5 Å². The number of phenolic OH excluding ortho intramolecular Hbond substituents is 1. The van der Waals surface area contributed by atoms with Gasteiger partial charge in [-0.2, -0.15) is 23.1 Å². The van der Waals surface area contributed by atoms with Crippen molar-refractivity contribution in [2.75, 3.05) is 12.3 Å². The Hall–Kier alpha value is -5.08. The molecule has 1 amide bonds. The number of benzene rings is 1. The number of nitrogens with one attached hydrogen (secondary N) is 1. The molecule has 6 N–H and O–H groups in total. The van der Waals surface area contributed by atoms with Crippen molar-refractivity contribution in [2.24, 2.45) is 0 Å². The molecule has 1 fully saturated rings. The summed E-state index contributed by atoms with van der Waals surface area (Å²) >= 11 is 0. The molecule has 6 rings (SSSR count). The van der Waals surface area contributed by atoms with Gasteiger partial charge in [0.25, 0.3) is 11.9 Å². The zero-order valence-electron chi connectivity index (χ0n) is 21.7. The van der Waals surface area contributed by atoms with Gasteiger partial charge in [-0.05, 0) is 24.3 Å². The van der Waals surface area contributed by atoms with E-state index in [2.05, 4.69) is 30.2 Å². The van der Waals surface area contributed by atoms with E-state index in [0.717, 1.165) is 5.56 Å². The number of hydrogen-bond acceptors (Lipinski definition) is 15. The zero-order valence-corrected chi connectivity index (χ0v) is 22.6. The molecule has 222 valence electrons. The van der Waals surface area contributed by atoms with Crippen LogP contribution in [0.5, 0.6) is 5.75 Å². The number of amides is 1. The van der Waals surface area contributed by atoms with Crippen molar-refractivity contribution < 1.29 is 37.5 Å². The van der Waals surface area contributed by atoms with E-state index >= 15 is 0 Å². The number of carbonyl (C=O) groups is 1. The molecule has 0 unspecified atom stereocenters. The summed E-state index contributed by atoms with van der Waals surface area (Å²) in [7, 11) is -4.70. The molecule has 0 spiro atoms. The lowest BCUT2D eigenvalue weighted by Gasteiger charge is -2.16. The summed E-state index contributed by atoms with van der Waals surface area (Å²) in [6, 6.07) is 8.81. The van der Waals surface area contributed by atoms with Crippen molar-refractivity contribution in [3.05, 3.63) is 66.9 Å². The highest BCUT2D eigenvalue weighted by Crippen LogP contribution is 2.33. The summed E-state index contributed by atoms with van der Waals surface area (Å²) in [6.07, 6.45) is 0.216. The van der Waals surface area contributed by atoms with Gasteiger partial charge in [0.2, 0.25) is 0 Å². The van der Waals surface area contributed by atoms with Crippen LogP contribution < -0.4 is 10.5 Å². The van der Waals surface area contributed by atoms with Crippen molar-refractivity contribution in [2.45, 2.75) is 24.5 Å². The van der Waals surface area contributed by atoms with Gasteiger partial charge in [-0.1, -0.05) is 17.3 Å². The van der Waals surface area contributed by atoms with Crippen molar-refractivity contribution in [3.63, 3.8) is 0 Å². The Bertz CT molecular complexity index is 1920. The molecule has 0 bridgehead atoms. The minimum atomic E-state index is -4.70. The molecule has 0 saturated carbocycles. The maximum atomic E-state index is 12.4. The van der Waals surface area contributed by atoms with E-state index in [4.69, 9.17) is 14.7 Å². The number of nitrogens with zero attached hydrogens (tertiary/aromatic N) is 8. The standard InChI is InChI=1S/C24H22N10O8S/c25-20-17-21(29-24(28-20)34-9-14(30-32-34)12-5-7-26-8-6-12)33(11-27-17)23-19(37)18(36)16(42-23)10-41-43(39,40)31-22(38)13-3-1-2-4-15(13)35/h1-9,11,16,18-19,23,35-37H,10H2,(H,31,38)(H2,25,28,29)/t16-,18-,19-,23-/m0/s1. The average Bonchev–Trinajstić information content (AvgIpc) is 3.71. The van der Waals surface area contributed by atoms with Gasteiger partial charge in [0, 0.05) is 18.0 Å². The second kappa shape index (κ2) is 11.0. The van der Waals surface area contributed by atoms with Crippen LogP contribution in [0.4, 0.5) is 5.82 Å². The molecule has 5 heterocycles. The van der Waals surface area contributed by atoms with Gasteiger partial charge >= 0.3 is 10.3 Å². The number of ether oxygens (including phenoxy) is 1. The molecule has 1 aliphatic heterocycles. The number of hydrogen-bond donors (Lipinski definition) is 5. The number of anilines is 1. The Balaban J connectivity index is 1.20. The van der Waals surface area contributed by atoms with E-state index in [-0.39, 0.29) is 28.5 Å². The predicted molar refractivity (Wildman–Crippen MR) is 144 cm³/mol. The zero-order chi connectivity index (χ0) is 30.3. The Morgan fingerprint density at radius 3 is 2.65 bits per heavy atom. The quantitative estimate of drug-likeness (QED) is 0.142. The summed E-state index contributed by atoms with van der Waals surface area (Å²) in [5.74, 6) is -1.56. The van der Waals surface area contributed by atoms with Crippen molar-refractivity contribution in [3.8, 4) is 23.0 Å². The lowest BCUT2D eigenvalue weighted by molar-refractivity contribution is -0.0468. The van der Waals surface area contributed by atoms with Crippen molar-refractivity contribution in [1.29, 1.82) is 0 Å². The number of imidazole rings is 1. The monoisotopic (exact) mass is 610 g/mol. The number of para-hydroxylation sites is 1. The SMILES string of the molecule is Nc1nc(-n2cc(-c3ccncc3)nn2)nc2c1ncn2[C@H]1O[C@@H](COS(=O)(=O)NC(=O)c2ccccc2O)[C@H](O)[C@@H]1O. The Kier molecular flexibility index (Phi) is 7.15. The number of fused-ring (bicyclic) bond motifs is 1. The van der Waals surface area contributed by atoms with Crippen LogP contribution in [0.3, 0.4) is 0 Å².